The molecule has 0 radical (unpaired) electrons. The molecule has 0 bridgehead atoms. The fraction of sp³-hybridized carbons (Fsp3) is 0.412. The standard InChI is InChI=1S/C17H20Cl2N4/c1-11-5-7-23(8-6-11)17-20-12(2)9-16(22-17)21-13-3-4-14(18)15(19)10-13/h3-4,9-11H,5-8H2,1-2H3,(H,20,21,22). The third kappa shape index (κ3) is 4.06. The molecular weight excluding hydrogens is 331 g/mol. The van der Waals surface area contributed by atoms with Crippen LogP contribution in [0.3, 0.4) is 0 Å². The average Bonchev–Trinajstić information content (AvgIpc) is 2.51. The molecule has 6 heteroatoms. The molecule has 1 aromatic heterocycles. The molecule has 122 valence electrons. The van der Waals surface area contributed by atoms with Gasteiger partial charge >= 0.3 is 0 Å². The van der Waals surface area contributed by atoms with Gasteiger partial charge in [-0.15, -0.1) is 0 Å². The highest BCUT2D eigenvalue weighted by Gasteiger charge is 2.18. The van der Waals surface area contributed by atoms with Gasteiger partial charge in [0.1, 0.15) is 5.82 Å². The number of halogens is 2. The van der Waals surface area contributed by atoms with Crippen LogP contribution in [-0.2, 0) is 0 Å². The van der Waals surface area contributed by atoms with Crippen molar-refractivity contribution in [3.05, 3.63) is 40.0 Å². The van der Waals surface area contributed by atoms with E-state index in [4.69, 9.17) is 23.2 Å². The van der Waals surface area contributed by atoms with Crippen molar-refractivity contribution < 1.29 is 0 Å². The number of aryl methyl sites for hydroxylation is 1. The molecule has 0 amide bonds. The predicted molar refractivity (Wildman–Crippen MR) is 97.1 cm³/mol. The largest absolute Gasteiger partial charge is 0.341 e. The van der Waals surface area contributed by atoms with E-state index in [0.717, 1.165) is 42.2 Å². The maximum Gasteiger partial charge on any atom is 0.227 e. The SMILES string of the molecule is Cc1cc(Nc2ccc(Cl)c(Cl)c2)nc(N2CCC(C)CC2)n1. The van der Waals surface area contributed by atoms with Gasteiger partial charge in [-0.05, 0) is 43.9 Å². The van der Waals surface area contributed by atoms with Crippen molar-refractivity contribution in [3.8, 4) is 0 Å². The second-order valence-electron chi connectivity index (χ2n) is 6.12. The summed E-state index contributed by atoms with van der Waals surface area (Å²) in [5.41, 5.74) is 1.80. The predicted octanol–water partition coefficient (Wildman–Crippen LogP) is 5.07. The quantitative estimate of drug-likeness (QED) is 0.838. The molecule has 1 aliphatic rings. The molecule has 1 fully saturated rings. The maximum atomic E-state index is 6.07. The van der Waals surface area contributed by atoms with Gasteiger partial charge in [0.05, 0.1) is 10.0 Å². The van der Waals surface area contributed by atoms with E-state index in [1.165, 1.54) is 12.8 Å². The van der Waals surface area contributed by atoms with E-state index in [1.807, 2.05) is 19.1 Å². The first-order valence-corrected chi connectivity index (χ1v) is 8.59. The van der Waals surface area contributed by atoms with Crippen LogP contribution in [0.4, 0.5) is 17.5 Å². The van der Waals surface area contributed by atoms with Crippen molar-refractivity contribution in [3.63, 3.8) is 0 Å². The van der Waals surface area contributed by atoms with E-state index in [9.17, 15) is 0 Å². The number of hydrogen-bond acceptors (Lipinski definition) is 4. The molecular formula is C17H20Cl2N4. The van der Waals surface area contributed by atoms with Gasteiger partial charge in [-0.2, -0.15) is 4.98 Å². The first kappa shape index (κ1) is 16.3. The van der Waals surface area contributed by atoms with Crippen molar-refractivity contribution in [1.29, 1.82) is 0 Å². The monoisotopic (exact) mass is 350 g/mol. The lowest BCUT2D eigenvalue weighted by atomic mass is 10.00. The smallest absolute Gasteiger partial charge is 0.227 e. The summed E-state index contributed by atoms with van der Waals surface area (Å²) in [4.78, 5) is 11.5. The van der Waals surface area contributed by atoms with Crippen molar-refractivity contribution in [2.24, 2.45) is 5.92 Å². The Morgan fingerprint density at radius 1 is 1.09 bits per heavy atom. The van der Waals surface area contributed by atoms with Crippen LogP contribution in [0.1, 0.15) is 25.5 Å². The lowest BCUT2D eigenvalue weighted by Crippen LogP contribution is -2.34. The first-order chi connectivity index (χ1) is 11.0. The molecule has 0 saturated carbocycles. The fourth-order valence-corrected chi connectivity index (χ4v) is 2.99. The van der Waals surface area contributed by atoms with E-state index in [2.05, 4.69) is 27.1 Å². The van der Waals surface area contributed by atoms with Crippen LogP contribution in [0.2, 0.25) is 10.0 Å². The van der Waals surface area contributed by atoms with Gasteiger partial charge in [0.15, 0.2) is 0 Å². The van der Waals surface area contributed by atoms with Crippen LogP contribution in [0.25, 0.3) is 0 Å². The van der Waals surface area contributed by atoms with Gasteiger partial charge in [0.2, 0.25) is 5.95 Å². The van der Waals surface area contributed by atoms with Crippen molar-refractivity contribution in [2.75, 3.05) is 23.3 Å². The Labute approximate surface area is 146 Å². The van der Waals surface area contributed by atoms with Crippen LogP contribution >= 0.6 is 23.2 Å². The Bertz CT molecular complexity index is 697. The number of anilines is 3. The Balaban J connectivity index is 1.81. The molecule has 2 heterocycles. The zero-order chi connectivity index (χ0) is 16.4. The fourth-order valence-electron chi connectivity index (χ4n) is 2.69. The Morgan fingerprint density at radius 2 is 1.83 bits per heavy atom. The number of rotatable bonds is 3. The molecule has 2 aromatic rings. The Morgan fingerprint density at radius 3 is 2.52 bits per heavy atom. The summed E-state index contributed by atoms with van der Waals surface area (Å²) >= 11 is 12.0. The highest BCUT2D eigenvalue weighted by molar-refractivity contribution is 6.42. The van der Waals surface area contributed by atoms with Crippen LogP contribution in [-0.4, -0.2) is 23.1 Å². The second kappa shape index (κ2) is 6.93. The van der Waals surface area contributed by atoms with Crippen molar-refractivity contribution in [1.82, 2.24) is 9.97 Å². The van der Waals surface area contributed by atoms with Crippen molar-refractivity contribution in [2.45, 2.75) is 26.7 Å². The summed E-state index contributed by atoms with van der Waals surface area (Å²) < 4.78 is 0. The normalized spacial score (nSPS) is 15.7. The van der Waals surface area contributed by atoms with E-state index >= 15 is 0 Å². The zero-order valence-electron chi connectivity index (χ0n) is 13.3. The van der Waals surface area contributed by atoms with Crippen LogP contribution in [0.5, 0.6) is 0 Å². The molecule has 0 atom stereocenters. The number of nitrogens with zero attached hydrogens (tertiary/aromatic N) is 3. The summed E-state index contributed by atoms with van der Waals surface area (Å²) in [6, 6.07) is 7.38. The highest BCUT2D eigenvalue weighted by Crippen LogP contribution is 2.27. The van der Waals surface area contributed by atoms with E-state index < -0.39 is 0 Å². The molecule has 23 heavy (non-hydrogen) atoms. The summed E-state index contributed by atoms with van der Waals surface area (Å²) in [7, 11) is 0. The maximum absolute atomic E-state index is 6.07. The third-order valence-corrected chi connectivity index (χ3v) is 4.84. The molecule has 3 rings (SSSR count). The summed E-state index contributed by atoms with van der Waals surface area (Å²) in [6.07, 6.45) is 2.37. The van der Waals surface area contributed by atoms with Crippen LogP contribution in [0, 0.1) is 12.8 Å². The number of benzene rings is 1. The van der Waals surface area contributed by atoms with Gasteiger partial charge < -0.3 is 10.2 Å². The minimum atomic E-state index is 0.521. The van der Waals surface area contributed by atoms with Gasteiger partial charge in [-0.25, -0.2) is 4.98 Å². The lowest BCUT2D eigenvalue weighted by Gasteiger charge is -2.30. The molecule has 1 aliphatic heterocycles. The summed E-state index contributed by atoms with van der Waals surface area (Å²) in [5.74, 6) is 2.34. The molecule has 1 N–H and O–H groups in total. The Kier molecular flexibility index (Phi) is 4.93. The van der Waals surface area contributed by atoms with Crippen molar-refractivity contribution >= 4 is 40.7 Å². The zero-order valence-corrected chi connectivity index (χ0v) is 14.8. The molecule has 1 saturated heterocycles. The molecule has 0 aliphatic carbocycles. The van der Waals surface area contributed by atoms with Gasteiger partial charge in [-0.3, -0.25) is 0 Å². The van der Waals surface area contributed by atoms with Crippen LogP contribution < -0.4 is 10.2 Å². The van der Waals surface area contributed by atoms with E-state index in [1.54, 1.807) is 12.1 Å². The molecule has 4 nitrogen and oxygen atoms in total. The number of nitrogens with one attached hydrogen (secondary N) is 1. The van der Waals surface area contributed by atoms with E-state index in [-0.39, 0.29) is 0 Å². The second-order valence-corrected chi connectivity index (χ2v) is 6.93. The topological polar surface area (TPSA) is 41.1 Å². The third-order valence-electron chi connectivity index (χ3n) is 4.10. The van der Waals surface area contributed by atoms with Gasteiger partial charge in [-0.1, -0.05) is 30.1 Å². The Hall–Kier alpha value is -1.52. The summed E-state index contributed by atoms with van der Waals surface area (Å²) in [5, 5.41) is 4.34. The number of hydrogen-bond donors (Lipinski definition) is 1. The van der Waals surface area contributed by atoms with Crippen LogP contribution in [0.15, 0.2) is 24.3 Å². The highest BCUT2D eigenvalue weighted by atomic mass is 35.5. The summed E-state index contributed by atoms with van der Waals surface area (Å²) in [6.45, 7) is 6.30. The molecule has 0 spiro atoms. The number of piperidine rings is 1. The minimum Gasteiger partial charge on any atom is -0.341 e. The lowest BCUT2D eigenvalue weighted by molar-refractivity contribution is 0.434. The van der Waals surface area contributed by atoms with Gasteiger partial charge in [0, 0.05) is 30.5 Å². The molecule has 1 aromatic carbocycles. The number of aromatic nitrogens is 2. The van der Waals surface area contributed by atoms with E-state index in [0.29, 0.717) is 10.0 Å². The first-order valence-electron chi connectivity index (χ1n) is 7.84. The average molecular weight is 351 g/mol. The molecule has 0 unspecified atom stereocenters. The van der Waals surface area contributed by atoms with Gasteiger partial charge in [0.25, 0.3) is 0 Å². The minimum absolute atomic E-state index is 0.521.